The van der Waals surface area contributed by atoms with Crippen LogP contribution in [0.2, 0.25) is 0 Å². The second-order valence-electron chi connectivity index (χ2n) is 3.95. The first-order valence-corrected chi connectivity index (χ1v) is 6.02. The van der Waals surface area contributed by atoms with Gasteiger partial charge in [-0.2, -0.15) is 0 Å². The third-order valence-corrected chi connectivity index (χ3v) is 2.66. The highest BCUT2D eigenvalue weighted by Crippen LogP contribution is 2.17. The van der Waals surface area contributed by atoms with Crippen molar-refractivity contribution >= 4 is 17.6 Å². The molecule has 0 saturated heterocycles. The molecule has 2 aromatic rings. The smallest absolute Gasteiger partial charge is 0.339 e. The SMILES string of the molecule is COC(=O)c1ccccc1NC(=O)c1ccc(OC)nn1. The topological polar surface area (TPSA) is 90.4 Å². The minimum Gasteiger partial charge on any atom is -0.480 e. The fraction of sp³-hybridized carbons (Fsp3) is 0.143. The Kier molecular flexibility index (Phi) is 4.45. The van der Waals surface area contributed by atoms with E-state index < -0.39 is 11.9 Å². The number of anilines is 1. The summed E-state index contributed by atoms with van der Waals surface area (Å²) >= 11 is 0. The molecule has 0 bridgehead atoms. The van der Waals surface area contributed by atoms with Crippen LogP contribution in [0.15, 0.2) is 36.4 Å². The van der Waals surface area contributed by atoms with Crippen LogP contribution in [0, 0.1) is 0 Å². The molecule has 1 aromatic heterocycles. The Balaban J connectivity index is 2.21. The molecule has 7 nitrogen and oxygen atoms in total. The van der Waals surface area contributed by atoms with Crippen molar-refractivity contribution in [1.29, 1.82) is 0 Å². The molecule has 0 aliphatic rings. The van der Waals surface area contributed by atoms with E-state index in [1.54, 1.807) is 24.3 Å². The number of esters is 1. The molecule has 108 valence electrons. The fourth-order valence-corrected chi connectivity index (χ4v) is 1.62. The summed E-state index contributed by atoms with van der Waals surface area (Å²) in [6, 6.07) is 9.52. The normalized spacial score (nSPS) is 9.81. The number of hydrogen-bond donors (Lipinski definition) is 1. The number of carbonyl (C=O) groups is 2. The van der Waals surface area contributed by atoms with Crippen LogP contribution in [0.5, 0.6) is 5.88 Å². The molecule has 2 rings (SSSR count). The van der Waals surface area contributed by atoms with E-state index in [1.807, 2.05) is 0 Å². The van der Waals surface area contributed by atoms with Gasteiger partial charge in [0.1, 0.15) is 0 Å². The van der Waals surface area contributed by atoms with E-state index in [2.05, 4.69) is 20.3 Å². The first-order valence-electron chi connectivity index (χ1n) is 6.02. The third-order valence-electron chi connectivity index (χ3n) is 2.66. The number of methoxy groups -OCH3 is 2. The van der Waals surface area contributed by atoms with Crippen LogP contribution < -0.4 is 10.1 Å². The molecule has 0 unspecified atom stereocenters. The number of para-hydroxylation sites is 1. The van der Waals surface area contributed by atoms with Crippen molar-refractivity contribution < 1.29 is 19.1 Å². The van der Waals surface area contributed by atoms with Crippen LogP contribution in [-0.2, 0) is 4.74 Å². The zero-order chi connectivity index (χ0) is 15.2. The highest BCUT2D eigenvalue weighted by molar-refractivity contribution is 6.06. The Morgan fingerprint density at radius 1 is 1.05 bits per heavy atom. The standard InChI is InChI=1S/C14H13N3O4/c1-20-12-8-7-11(16-17-12)13(18)15-10-6-4-3-5-9(10)14(19)21-2/h3-8H,1-2H3,(H,15,18). The first-order chi connectivity index (χ1) is 10.2. The van der Waals surface area contributed by atoms with Crippen LogP contribution in [0.1, 0.15) is 20.8 Å². The molecule has 0 aliphatic carbocycles. The molecule has 0 atom stereocenters. The zero-order valence-electron chi connectivity index (χ0n) is 11.5. The van der Waals surface area contributed by atoms with Crippen molar-refractivity contribution in [2.75, 3.05) is 19.5 Å². The highest BCUT2D eigenvalue weighted by atomic mass is 16.5. The molecule has 1 N–H and O–H groups in total. The second-order valence-corrected chi connectivity index (χ2v) is 3.95. The average molecular weight is 287 g/mol. The van der Waals surface area contributed by atoms with Gasteiger partial charge in [-0.05, 0) is 18.2 Å². The Hall–Kier alpha value is -2.96. The molecule has 0 spiro atoms. The van der Waals surface area contributed by atoms with Gasteiger partial charge < -0.3 is 14.8 Å². The van der Waals surface area contributed by atoms with Crippen molar-refractivity contribution in [3.05, 3.63) is 47.7 Å². The molecular formula is C14H13N3O4. The number of aromatic nitrogens is 2. The van der Waals surface area contributed by atoms with E-state index in [0.717, 1.165) is 0 Å². The largest absolute Gasteiger partial charge is 0.480 e. The maximum absolute atomic E-state index is 12.1. The van der Waals surface area contributed by atoms with Gasteiger partial charge >= 0.3 is 5.97 Å². The van der Waals surface area contributed by atoms with Crippen LogP contribution >= 0.6 is 0 Å². The number of rotatable bonds is 4. The van der Waals surface area contributed by atoms with Gasteiger partial charge in [0.05, 0.1) is 25.5 Å². The third kappa shape index (κ3) is 3.33. The van der Waals surface area contributed by atoms with Gasteiger partial charge in [0.15, 0.2) is 5.69 Å². The van der Waals surface area contributed by atoms with Gasteiger partial charge in [-0.25, -0.2) is 4.79 Å². The van der Waals surface area contributed by atoms with Crippen LogP contribution in [0.25, 0.3) is 0 Å². The lowest BCUT2D eigenvalue weighted by atomic mass is 10.1. The van der Waals surface area contributed by atoms with Crippen molar-refractivity contribution in [1.82, 2.24) is 10.2 Å². The highest BCUT2D eigenvalue weighted by Gasteiger charge is 2.15. The van der Waals surface area contributed by atoms with E-state index in [9.17, 15) is 9.59 Å². The lowest BCUT2D eigenvalue weighted by Crippen LogP contribution is -2.17. The Bertz CT molecular complexity index is 656. The first kappa shape index (κ1) is 14.4. The number of nitrogens with one attached hydrogen (secondary N) is 1. The quantitative estimate of drug-likeness (QED) is 0.857. The maximum Gasteiger partial charge on any atom is 0.339 e. The minimum absolute atomic E-state index is 0.107. The molecule has 0 fully saturated rings. The van der Waals surface area contributed by atoms with Crippen LogP contribution in [0.3, 0.4) is 0 Å². The predicted molar refractivity (Wildman–Crippen MR) is 74.3 cm³/mol. The van der Waals surface area contributed by atoms with Crippen molar-refractivity contribution in [3.8, 4) is 5.88 Å². The van der Waals surface area contributed by atoms with Crippen molar-refractivity contribution in [2.24, 2.45) is 0 Å². The molecular weight excluding hydrogens is 274 g/mol. The fourth-order valence-electron chi connectivity index (χ4n) is 1.62. The summed E-state index contributed by atoms with van der Waals surface area (Å²) in [6.07, 6.45) is 0. The number of hydrogen-bond acceptors (Lipinski definition) is 6. The molecule has 1 amide bonds. The summed E-state index contributed by atoms with van der Waals surface area (Å²) in [5, 5.41) is 10.0. The van der Waals surface area contributed by atoms with E-state index in [4.69, 9.17) is 4.74 Å². The molecule has 7 heteroatoms. The van der Waals surface area contributed by atoms with Gasteiger partial charge in [-0.15, -0.1) is 10.2 Å². The number of ether oxygens (including phenoxy) is 2. The van der Waals surface area contributed by atoms with Gasteiger partial charge in [-0.3, -0.25) is 4.79 Å². The van der Waals surface area contributed by atoms with E-state index in [0.29, 0.717) is 11.6 Å². The van der Waals surface area contributed by atoms with Gasteiger partial charge in [0.25, 0.3) is 5.91 Å². The van der Waals surface area contributed by atoms with E-state index >= 15 is 0 Å². The van der Waals surface area contributed by atoms with E-state index in [-0.39, 0.29) is 11.3 Å². The van der Waals surface area contributed by atoms with Gasteiger partial charge in [0.2, 0.25) is 5.88 Å². The molecule has 0 radical (unpaired) electrons. The van der Waals surface area contributed by atoms with Crippen LogP contribution in [-0.4, -0.2) is 36.3 Å². The Morgan fingerprint density at radius 3 is 2.43 bits per heavy atom. The monoisotopic (exact) mass is 287 g/mol. The number of benzene rings is 1. The Morgan fingerprint density at radius 2 is 1.81 bits per heavy atom. The molecule has 0 saturated carbocycles. The average Bonchev–Trinajstić information content (AvgIpc) is 2.54. The maximum atomic E-state index is 12.1. The van der Waals surface area contributed by atoms with Crippen molar-refractivity contribution in [2.45, 2.75) is 0 Å². The summed E-state index contributed by atoms with van der Waals surface area (Å²) < 4.78 is 9.53. The lowest BCUT2D eigenvalue weighted by molar-refractivity contribution is 0.0602. The summed E-state index contributed by atoms with van der Waals surface area (Å²) in [6.45, 7) is 0. The lowest BCUT2D eigenvalue weighted by Gasteiger charge is -2.09. The van der Waals surface area contributed by atoms with E-state index in [1.165, 1.54) is 26.4 Å². The van der Waals surface area contributed by atoms with Crippen LogP contribution in [0.4, 0.5) is 5.69 Å². The number of nitrogens with zero attached hydrogens (tertiary/aromatic N) is 2. The summed E-state index contributed by atoms with van der Waals surface area (Å²) in [7, 11) is 2.73. The summed E-state index contributed by atoms with van der Waals surface area (Å²) in [4.78, 5) is 23.7. The molecule has 21 heavy (non-hydrogen) atoms. The zero-order valence-corrected chi connectivity index (χ0v) is 11.5. The summed E-state index contributed by atoms with van der Waals surface area (Å²) in [5.74, 6) is -0.713. The predicted octanol–water partition coefficient (Wildman–Crippen LogP) is 1.52. The molecule has 1 heterocycles. The second kappa shape index (κ2) is 6.47. The van der Waals surface area contributed by atoms with Gasteiger partial charge in [-0.1, -0.05) is 12.1 Å². The minimum atomic E-state index is -0.535. The Labute approximate surface area is 120 Å². The van der Waals surface area contributed by atoms with Crippen molar-refractivity contribution in [3.63, 3.8) is 0 Å². The number of amides is 1. The van der Waals surface area contributed by atoms with Gasteiger partial charge in [0, 0.05) is 6.07 Å². The molecule has 0 aliphatic heterocycles. The molecule has 1 aromatic carbocycles. The number of carbonyl (C=O) groups excluding carboxylic acids is 2. The summed E-state index contributed by atoms with van der Waals surface area (Å²) in [5.41, 5.74) is 0.706.